The molecule has 1 aromatic rings. The zero-order valence-electron chi connectivity index (χ0n) is 11.9. The summed E-state index contributed by atoms with van der Waals surface area (Å²) in [4.78, 5) is 2.27. The summed E-state index contributed by atoms with van der Waals surface area (Å²) in [5.41, 5.74) is 1.05. The Kier molecular flexibility index (Phi) is 5.65. The molecule has 6 heteroatoms. The van der Waals surface area contributed by atoms with Crippen molar-refractivity contribution in [2.75, 3.05) is 40.4 Å². The number of rotatable bonds is 5. The molecule has 2 N–H and O–H groups in total. The minimum absolute atomic E-state index is 0.133. The topological polar surface area (TPSA) is 54.0 Å². The first-order valence-corrected chi connectivity index (χ1v) is 7.45. The van der Waals surface area contributed by atoms with Gasteiger partial charge < -0.3 is 24.8 Å². The van der Waals surface area contributed by atoms with Crippen LogP contribution in [0, 0.1) is 0 Å². The van der Waals surface area contributed by atoms with E-state index in [0.717, 1.165) is 31.8 Å². The van der Waals surface area contributed by atoms with Crippen LogP contribution < -0.4 is 10.1 Å². The van der Waals surface area contributed by atoms with Crippen LogP contribution in [0.5, 0.6) is 11.5 Å². The fourth-order valence-corrected chi connectivity index (χ4v) is 2.74. The van der Waals surface area contributed by atoms with E-state index in [9.17, 15) is 5.11 Å². The molecule has 112 valence electrons. The summed E-state index contributed by atoms with van der Waals surface area (Å²) >= 11 is 3.32. The molecule has 0 bridgehead atoms. The summed E-state index contributed by atoms with van der Waals surface area (Å²) < 4.78 is 11.5. The molecule has 2 rings (SSSR count). The van der Waals surface area contributed by atoms with Crippen LogP contribution in [0.25, 0.3) is 0 Å². The van der Waals surface area contributed by atoms with Crippen LogP contribution in [0.2, 0.25) is 0 Å². The van der Waals surface area contributed by atoms with Gasteiger partial charge in [-0.25, -0.2) is 0 Å². The zero-order chi connectivity index (χ0) is 14.5. The van der Waals surface area contributed by atoms with Gasteiger partial charge in [0, 0.05) is 26.2 Å². The maximum atomic E-state index is 9.76. The molecule has 1 aromatic carbocycles. The van der Waals surface area contributed by atoms with Gasteiger partial charge in [0.2, 0.25) is 0 Å². The van der Waals surface area contributed by atoms with Gasteiger partial charge in [-0.1, -0.05) is 0 Å². The number of halogens is 1. The Balaban J connectivity index is 1.86. The van der Waals surface area contributed by atoms with E-state index in [-0.39, 0.29) is 11.9 Å². The smallest absolute Gasteiger partial charge is 0.172 e. The van der Waals surface area contributed by atoms with Gasteiger partial charge in [0.05, 0.1) is 24.3 Å². The quantitative estimate of drug-likeness (QED) is 0.849. The molecule has 0 aromatic heterocycles. The standard InChI is InChI=1S/C14H21BrN2O3/c1-17-3-4-20-11(9-17)8-16-7-10-5-12(15)14(18)13(6-10)19-2/h5-6,11,16,18H,3-4,7-9H2,1-2H3. The molecule has 0 aliphatic carbocycles. The second-order valence-corrected chi connectivity index (χ2v) is 5.87. The third-order valence-electron chi connectivity index (χ3n) is 3.35. The van der Waals surface area contributed by atoms with Crippen molar-refractivity contribution in [1.82, 2.24) is 10.2 Å². The number of methoxy groups -OCH3 is 1. The third kappa shape index (κ3) is 4.09. The lowest BCUT2D eigenvalue weighted by atomic mass is 10.2. The van der Waals surface area contributed by atoms with E-state index < -0.39 is 0 Å². The van der Waals surface area contributed by atoms with E-state index in [2.05, 4.69) is 33.2 Å². The van der Waals surface area contributed by atoms with E-state index in [4.69, 9.17) is 9.47 Å². The van der Waals surface area contributed by atoms with Crippen LogP contribution in [-0.4, -0.2) is 56.5 Å². The molecule has 1 saturated heterocycles. The average Bonchev–Trinajstić information content (AvgIpc) is 2.42. The summed E-state index contributed by atoms with van der Waals surface area (Å²) in [5.74, 6) is 0.610. The van der Waals surface area contributed by atoms with Crippen molar-refractivity contribution in [2.24, 2.45) is 0 Å². The highest BCUT2D eigenvalue weighted by molar-refractivity contribution is 9.10. The highest BCUT2D eigenvalue weighted by Crippen LogP contribution is 2.35. The van der Waals surface area contributed by atoms with Crippen molar-refractivity contribution in [1.29, 1.82) is 0 Å². The lowest BCUT2D eigenvalue weighted by Crippen LogP contribution is -2.44. The number of hydrogen-bond donors (Lipinski definition) is 2. The number of hydrogen-bond acceptors (Lipinski definition) is 5. The minimum atomic E-state index is 0.133. The Hall–Kier alpha value is -0.820. The lowest BCUT2D eigenvalue weighted by molar-refractivity contribution is -0.0182. The van der Waals surface area contributed by atoms with Gasteiger partial charge in [0.25, 0.3) is 0 Å². The third-order valence-corrected chi connectivity index (χ3v) is 3.96. The van der Waals surface area contributed by atoms with Crippen LogP contribution in [-0.2, 0) is 11.3 Å². The number of nitrogens with one attached hydrogen (secondary N) is 1. The molecule has 1 unspecified atom stereocenters. The zero-order valence-corrected chi connectivity index (χ0v) is 13.4. The van der Waals surface area contributed by atoms with Crippen LogP contribution in [0.3, 0.4) is 0 Å². The van der Waals surface area contributed by atoms with Crippen molar-refractivity contribution < 1.29 is 14.6 Å². The molecule has 5 nitrogen and oxygen atoms in total. The Morgan fingerprint density at radius 3 is 3.05 bits per heavy atom. The van der Waals surface area contributed by atoms with Crippen molar-refractivity contribution in [3.8, 4) is 11.5 Å². The summed E-state index contributed by atoms with van der Waals surface area (Å²) in [6.07, 6.45) is 0.233. The van der Waals surface area contributed by atoms with Crippen molar-refractivity contribution in [3.05, 3.63) is 22.2 Å². The van der Waals surface area contributed by atoms with E-state index in [1.165, 1.54) is 0 Å². The highest BCUT2D eigenvalue weighted by Gasteiger charge is 2.17. The van der Waals surface area contributed by atoms with Gasteiger partial charge in [0.1, 0.15) is 0 Å². The number of likely N-dealkylation sites (N-methyl/N-ethyl adjacent to an activating group) is 1. The Morgan fingerprint density at radius 2 is 2.35 bits per heavy atom. The largest absolute Gasteiger partial charge is 0.503 e. The normalized spacial score (nSPS) is 20.1. The van der Waals surface area contributed by atoms with E-state index in [1.807, 2.05) is 12.1 Å². The monoisotopic (exact) mass is 344 g/mol. The molecule has 1 atom stereocenters. The first kappa shape index (κ1) is 15.6. The lowest BCUT2D eigenvalue weighted by Gasteiger charge is -2.30. The van der Waals surface area contributed by atoms with Crippen LogP contribution >= 0.6 is 15.9 Å². The highest BCUT2D eigenvalue weighted by atomic mass is 79.9. The van der Waals surface area contributed by atoms with E-state index in [0.29, 0.717) is 16.8 Å². The average molecular weight is 345 g/mol. The summed E-state index contributed by atoms with van der Waals surface area (Å²) in [5, 5.41) is 13.1. The molecule has 0 saturated carbocycles. The van der Waals surface area contributed by atoms with Gasteiger partial charge in [-0.15, -0.1) is 0 Å². The summed E-state index contributed by atoms with van der Waals surface area (Å²) in [7, 11) is 3.65. The molecule has 1 aliphatic heterocycles. The molecule has 0 amide bonds. The predicted octanol–water partition coefficient (Wildman–Crippen LogP) is 1.58. The number of aromatic hydroxyl groups is 1. The maximum absolute atomic E-state index is 9.76. The van der Waals surface area contributed by atoms with Crippen LogP contribution in [0.15, 0.2) is 16.6 Å². The summed E-state index contributed by atoms with van der Waals surface area (Å²) in [6, 6.07) is 3.72. The van der Waals surface area contributed by atoms with E-state index in [1.54, 1.807) is 7.11 Å². The predicted molar refractivity (Wildman–Crippen MR) is 81.3 cm³/mol. The molecule has 20 heavy (non-hydrogen) atoms. The Morgan fingerprint density at radius 1 is 1.55 bits per heavy atom. The number of morpholine rings is 1. The molecule has 0 spiro atoms. The van der Waals surface area contributed by atoms with Gasteiger partial charge in [-0.05, 0) is 40.7 Å². The van der Waals surface area contributed by atoms with Crippen molar-refractivity contribution in [3.63, 3.8) is 0 Å². The summed E-state index contributed by atoms with van der Waals surface area (Å²) in [6.45, 7) is 4.26. The second kappa shape index (κ2) is 7.26. The molecule has 0 radical (unpaired) electrons. The molecule has 1 aliphatic rings. The first-order chi connectivity index (χ1) is 9.60. The minimum Gasteiger partial charge on any atom is -0.503 e. The second-order valence-electron chi connectivity index (χ2n) is 5.01. The molecular formula is C14H21BrN2O3. The Bertz CT molecular complexity index is 456. The SMILES string of the molecule is COc1cc(CNCC2CN(C)CCO2)cc(Br)c1O. The van der Waals surface area contributed by atoms with Crippen molar-refractivity contribution >= 4 is 15.9 Å². The number of ether oxygens (including phenoxy) is 2. The first-order valence-electron chi connectivity index (χ1n) is 6.66. The number of phenols is 1. The molecular weight excluding hydrogens is 324 g/mol. The molecule has 1 heterocycles. The maximum Gasteiger partial charge on any atom is 0.172 e. The number of nitrogens with zero attached hydrogens (tertiary/aromatic N) is 1. The molecule has 1 fully saturated rings. The van der Waals surface area contributed by atoms with Crippen LogP contribution in [0.4, 0.5) is 0 Å². The fourth-order valence-electron chi connectivity index (χ4n) is 2.25. The van der Waals surface area contributed by atoms with Gasteiger partial charge in [0.15, 0.2) is 11.5 Å². The van der Waals surface area contributed by atoms with Crippen LogP contribution in [0.1, 0.15) is 5.56 Å². The number of phenolic OH excluding ortho intramolecular Hbond substituents is 1. The van der Waals surface area contributed by atoms with E-state index >= 15 is 0 Å². The van der Waals surface area contributed by atoms with Gasteiger partial charge in [-0.3, -0.25) is 0 Å². The Labute approximate surface area is 128 Å². The van der Waals surface area contributed by atoms with Gasteiger partial charge in [-0.2, -0.15) is 0 Å². The number of benzene rings is 1. The fraction of sp³-hybridized carbons (Fsp3) is 0.571. The van der Waals surface area contributed by atoms with Gasteiger partial charge >= 0.3 is 0 Å². The van der Waals surface area contributed by atoms with Crippen molar-refractivity contribution in [2.45, 2.75) is 12.6 Å².